The minimum absolute atomic E-state index is 0.376. The molecule has 0 aliphatic carbocycles. The van der Waals surface area contributed by atoms with Gasteiger partial charge in [-0.05, 0) is 55.7 Å². The summed E-state index contributed by atoms with van der Waals surface area (Å²) in [4.78, 5) is 0. The summed E-state index contributed by atoms with van der Waals surface area (Å²) in [6, 6.07) is 10.3. The quantitative estimate of drug-likeness (QED) is 0.910. The molecule has 2 aromatic rings. The van der Waals surface area contributed by atoms with E-state index in [-0.39, 0.29) is 5.82 Å². The molecule has 0 spiro atoms. The van der Waals surface area contributed by atoms with Crippen LogP contribution in [0.3, 0.4) is 0 Å². The second-order valence-electron chi connectivity index (χ2n) is 5.07. The van der Waals surface area contributed by atoms with Crippen LogP contribution in [0.15, 0.2) is 36.4 Å². The second-order valence-corrected chi connectivity index (χ2v) is 5.07. The average molecular weight is 274 g/mol. The van der Waals surface area contributed by atoms with Crippen molar-refractivity contribution < 1.29 is 14.2 Å². The van der Waals surface area contributed by atoms with E-state index in [2.05, 4.69) is 19.9 Å². The Morgan fingerprint density at radius 1 is 1.10 bits per heavy atom. The number of aryl methyl sites for hydroxylation is 2. The van der Waals surface area contributed by atoms with Crippen molar-refractivity contribution >= 4 is 0 Å². The van der Waals surface area contributed by atoms with Crippen molar-refractivity contribution in [3.05, 3.63) is 64.5 Å². The molecule has 3 heteroatoms. The van der Waals surface area contributed by atoms with Crippen LogP contribution in [0, 0.1) is 19.7 Å². The Morgan fingerprint density at radius 3 is 2.50 bits per heavy atom. The number of ether oxygens (including phenoxy) is 1. The van der Waals surface area contributed by atoms with E-state index in [1.807, 2.05) is 12.1 Å². The van der Waals surface area contributed by atoms with Crippen LogP contribution in [-0.2, 0) is 6.61 Å². The van der Waals surface area contributed by atoms with Gasteiger partial charge in [-0.25, -0.2) is 4.39 Å². The minimum atomic E-state index is -0.763. The van der Waals surface area contributed by atoms with Crippen LogP contribution in [-0.4, -0.2) is 5.11 Å². The van der Waals surface area contributed by atoms with Crippen molar-refractivity contribution in [2.24, 2.45) is 0 Å². The second kappa shape index (κ2) is 6.06. The summed E-state index contributed by atoms with van der Waals surface area (Å²) in [6.45, 7) is 6.10. The lowest BCUT2D eigenvalue weighted by Crippen LogP contribution is -2.02. The summed E-state index contributed by atoms with van der Waals surface area (Å²) in [5.41, 5.74) is 3.96. The van der Waals surface area contributed by atoms with Gasteiger partial charge in [0.25, 0.3) is 0 Å². The van der Waals surface area contributed by atoms with E-state index < -0.39 is 6.10 Å². The van der Waals surface area contributed by atoms with Crippen molar-refractivity contribution in [3.8, 4) is 5.75 Å². The first-order chi connectivity index (χ1) is 9.47. The molecule has 0 bridgehead atoms. The smallest absolute Gasteiger partial charge is 0.125 e. The van der Waals surface area contributed by atoms with E-state index in [1.165, 1.54) is 23.3 Å². The van der Waals surface area contributed by atoms with Crippen LogP contribution in [0.1, 0.15) is 35.3 Å². The van der Waals surface area contributed by atoms with Gasteiger partial charge in [0.05, 0.1) is 6.10 Å². The third-order valence-electron chi connectivity index (χ3n) is 3.39. The van der Waals surface area contributed by atoms with Crippen LogP contribution in [0.25, 0.3) is 0 Å². The van der Waals surface area contributed by atoms with Crippen LogP contribution in [0.2, 0.25) is 0 Å². The third kappa shape index (κ3) is 3.36. The first kappa shape index (κ1) is 14.5. The molecule has 1 unspecified atom stereocenters. The maximum Gasteiger partial charge on any atom is 0.125 e. The molecule has 2 aromatic carbocycles. The Kier molecular flexibility index (Phi) is 4.40. The molecule has 0 saturated heterocycles. The number of aliphatic hydroxyl groups is 1. The third-order valence-corrected chi connectivity index (χ3v) is 3.39. The molecule has 1 N–H and O–H groups in total. The summed E-state index contributed by atoms with van der Waals surface area (Å²) < 4.78 is 18.9. The molecule has 0 fully saturated rings. The molecule has 0 aliphatic heterocycles. The van der Waals surface area contributed by atoms with Gasteiger partial charge in [0, 0.05) is 5.56 Å². The molecule has 0 heterocycles. The summed E-state index contributed by atoms with van der Waals surface area (Å²) >= 11 is 0. The number of rotatable bonds is 4. The Labute approximate surface area is 118 Å². The molecule has 1 atom stereocenters. The van der Waals surface area contributed by atoms with Gasteiger partial charge >= 0.3 is 0 Å². The highest BCUT2D eigenvalue weighted by molar-refractivity contribution is 5.36. The number of halogens is 1. The first-order valence-electron chi connectivity index (χ1n) is 6.64. The lowest BCUT2D eigenvalue weighted by atomic mass is 10.1. The monoisotopic (exact) mass is 274 g/mol. The fraction of sp³-hybridized carbons (Fsp3) is 0.294. The van der Waals surface area contributed by atoms with Gasteiger partial charge in [0.1, 0.15) is 18.2 Å². The summed E-state index contributed by atoms with van der Waals surface area (Å²) in [7, 11) is 0. The maximum absolute atomic E-state index is 13.2. The van der Waals surface area contributed by atoms with Gasteiger partial charge in [-0.3, -0.25) is 0 Å². The van der Waals surface area contributed by atoms with Gasteiger partial charge in [0.2, 0.25) is 0 Å². The highest BCUT2D eigenvalue weighted by atomic mass is 19.1. The summed E-state index contributed by atoms with van der Waals surface area (Å²) in [5.74, 6) is 0.138. The Bertz CT molecular complexity index is 606. The van der Waals surface area contributed by atoms with Crippen molar-refractivity contribution in [2.45, 2.75) is 33.5 Å². The first-order valence-corrected chi connectivity index (χ1v) is 6.64. The van der Waals surface area contributed by atoms with E-state index >= 15 is 0 Å². The topological polar surface area (TPSA) is 29.5 Å². The Balaban J connectivity index is 2.16. The average Bonchev–Trinajstić information content (AvgIpc) is 2.41. The van der Waals surface area contributed by atoms with Gasteiger partial charge in [-0.1, -0.05) is 18.2 Å². The molecular weight excluding hydrogens is 255 g/mol. The lowest BCUT2D eigenvalue weighted by Gasteiger charge is -2.14. The van der Waals surface area contributed by atoms with Crippen molar-refractivity contribution in [3.63, 3.8) is 0 Å². The van der Waals surface area contributed by atoms with Gasteiger partial charge < -0.3 is 9.84 Å². The summed E-state index contributed by atoms with van der Waals surface area (Å²) in [6.07, 6.45) is -0.763. The Morgan fingerprint density at radius 2 is 1.85 bits per heavy atom. The Hall–Kier alpha value is -1.87. The minimum Gasteiger partial charge on any atom is -0.489 e. The highest BCUT2D eigenvalue weighted by Crippen LogP contribution is 2.26. The van der Waals surface area contributed by atoms with E-state index in [9.17, 15) is 9.50 Å². The van der Waals surface area contributed by atoms with Crippen molar-refractivity contribution in [1.29, 1.82) is 0 Å². The number of hydrogen-bond acceptors (Lipinski definition) is 2. The van der Waals surface area contributed by atoms with E-state index in [0.717, 1.165) is 5.56 Å². The summed E-state index contributed by atoms with van der Waals surface area (Å²) in [5, 5.41) is 9.66. The standard InChI is InChI=1S/C17H19FO2/c1-11-4-5-14(8-12(11)2)10-20-17-7-6-15(18)9-16(17)13(3)19/h4-9,13,19H,10H2,1-3H3. The molecular formula is C17H19FO2. The van der Waals surface area contributed by atoms with Crippen LogP contribution < -0.4 is 4.74 Å². The van der Waals surface area contributed by atoms with E-state index in [0.29, 0.717) is 17.9 Å². The molecule has 0 saturated carbocycles. The normalized spacial score (nSPS) is 12.2. The molecule has 2 nitrogen and oxygen atoms in total. The predicted molar refractivity (Wildman–Crippen MR) is 77.3 cm³/mol. The van der Waals surface area contributed by atoms with E-state index in [1.54, 1.807) is 13.0 Å². The number of aliphatic hydroxyl groups excluding tert-OH is 1. The van der Waals surface area contributed by atoms with Crippen LogP contribution >= 0.6 is 0 Å². The molecule has 2 rings (SSSR count). The zero-order chi connectivity index (χ0) is 14.7. The maximum atomic E-state index is 13.2. The number of benzene rings is 2. The fourth-order valence-corrected chi connectivity index (χ4v) is 2.03. The predicted octanol–water partition coefficient (Wildman–Crippen LogP) is 4.07. The molecule has 0 aromatic heterocycles. The van der Waals surface area contributed by atoms with Gasteiger partial charge in [-0.15, -0.1) is 0 Å². The van der Waals surface area contributed by atoms with Gasteiger partial charge in [0.15, 0.2) is 0 Å². The van der Waals surface area contributed by atoms with E-state index in [4.69, 9.17) is 4.74 Å². The molecule has 20 heavy (non-hydrogen) atoms. The molecule has 106 valence electrons. The van der Waals surface area contributed by atoms with Crippen LogP contribution in [0.5, 0.6) is 5.75 Å². The lowest BCUT2D eigenvalue weighted by molar-refractivity contribution is 0.189. The highest BCUT2D eigenvalue weighted by Gasteiger charge is 2.10. The van der Waals surface area contributed by atoms with Gasteiger partial charge in [-0.2, -0.15) is 0 Å². The van der Waals surface area contributed by atoms with Crippen LogP contribution in [0.4, 0.5) is 4.39 Å². The zero-order valence-electron chi connectivity index (χ0n) is 12.0. The molecule has 0 aliphatic rings. The van der Waals surface area contributed by atoms with Crippen molar-refractivity contribution in [2.75, 3.05) is 0 Å². The molecule has 0 amide bonds. The fourth-order valence-electron chi connectivity index (χ4n) is 2.03. The number of hydrogen-bond donors (Lipinski definition) is 1. The molecule has 0 radical (unpaired) electrons. The zero-order valence-corrected chi connectivity index (χ0v) is 12.0. The van der Waals surface area contributed by atoms with Crippen molar-refractivity contribution in [1.82, 2.24) is 0 Å². The SMILES string of the molecule is Cc1ccc(COc2ccc(F)cc2C(C)O)cc1C. The largest absolute Gasteiger partial charge is 0.489 e.